The van der Waals surface area contributed by atoms with E-state index in [1.807, 2.05) is 0 Å². The first-order valence-electron chi connectivity index (χ1n) is 5.42. The zero-order valence-corrected chi connectivity index (χ0v) is 8.09. The van der Waals surface area contributed by atoms with Crippen LogP contribution in [0.15, 0.2) is 0 Å². The Morgan fingerprint density at radius 1 is 1.31 bits per heavy atom. The van der Waals surface area contributed by atoms with Gasteiger partial charge in [-0.05, 0) is 30.6 Å². The molecule has 0 heterocycles. The number of rotatable bonds is 2. The number of hydrogen-bond donors (Lipinski definition) is 1. The van der Waals surface area contributed by atoms with Crippen molar-refractivity contribution in [1.29, 1.82) is 0 Å². The molecule has 13 heavy (non-hydrogen) atoms. The highest BCUT2D eigenvalue weighted by molar-refractivity contribution is 5.67. The molecule has 0 amide bonds. The highest BCUT2D eigenvalue weighted by Gasteiger charge is 2.40. The summed E-state index contributed by atoms with van der Waals surface area (Å²) in [5, 5.41) is 8.87. The van der Waals surface area contributed by atoms with Crippen molar-refractivity contribution in [2.24, 2.45) is 11.3 Å². The molecule has 0 aliphatic heterocycles. The maximum atomic E-state index is 10.8. The highest BCUT2D eigenvalue weighted by atomic mass is 16.4. The van der Waals surface area contributed by atoms with Gasteiger partial charge < -0.3 is 5.11 Å². The molecule has 74 valence electrons. The first kappa shape index (κ1) is 9.04. The van der Waals surface area contributed by atoms with E-state index in [2.05, 4.69) is 0 Å². The van der Waals surface area contributed by atoms with Crippen molar-refractivity contribution in [3.63, 3.8) is 0 Å². The second kappa shape index (κ2) is 3.32. The zero-order chi connectivity index (χ0) is 9.31. The quantitative estimate of drug-likeness (QED) is 0.713. The molecular weight excluding hydrogens is 164 g/mol. The molecule has 0 unspecified atom stereocenters. The summed E-state index contributed by atoms with van der Waals surface area (Å²) in [7, 11) is 0. The lowest BCUT2D eigenvalue weighted by molar-refractivity contribution is -0.141. The third-order valence-electron chi connectivity index (χ3n) is 3.89. The largest absolute Gasteiger partial charge is 0.481 e. The average Bonchev–Trinajstić information content (AvgIpc) is 2.02. The number of aliphatic carboxylic acids is 1. The minimum absolute atomic E-state index is 0.201. The molecule has 0 radical (unpaired) electrons. The first-order valence-corrected chi connectivity index (χ1v) is 5.42. The standard InChI is InChI=1S/C11H18O2/c12-10(13)8-11-5-1-3-9(7-11)4-2-6-11/h9H,1-8H2,(H,12,13). The third-order valence-corrected chi connectivity index (χ3v) is 3.89. The van der Waals surface area contributed by atoms with E-state index in [4.69, 9.17) is 5.11 Å². The summed E-state index contributed by atoms with van der Waals surface area (Å²) in [4.78, 5) is 10.8. The molecule has 2 bridgehead atoms. The van der Waals surface area contributed by atoms with Crippen LogP contribution in [-0.2, 0) is 4.79 Å². The smallest absolute Gasteiger partial charge is 0.303 e. The molecule has 2 saturated carbocycles. The number of carbonyl (C=O) groups is 1. The van der Waals surface area contributed by atoms with Crippen LogP contribution in [-0.4, -0.2) is 11.1 Å². The molecular formula is C11H18O2. The summed E-state index contributed by atoms with van der Waals surface area (Å²) in [5.41, 5.74) is 0.201. The van der Waals surface area contributed by atoms with Crippen LogP contribution in [0.1, 0.15) is 51.4 Å². The van der Waals surface area contributed by atoms with E-state index in [9.17, 15) is 4.79 Å². The van der Waals surface area contributed by atoms with Crippen molar-refractivity contribution < 1.29 is 9.90 Å². The molecule has 2 nitrogen and oxygen atoms in total. The van der Waals surface area contributed by atoms with Crippen LogP contribution >= 0.6 is 0 Å². The minimum atomic E-state index is -0.595. The number of carboxylic acid groups (broad SMARTS) is 1. The van der Waals surface area contributed by atoms with Gasteiger partial charge in [-0.1, -0.05) is 25.7 Å². The summed E-state index contributed by atoms with van der Waals surface area (Å²) >= 11 is 0. The maximum absolute atomic E-state index is 10.8. The SMILES string of the molecule is O=C(O)CC12CCCC(CCC1)C2. The van der Waals surface area contributed by atoms with E-state index in [1.54, 1.807) is 0 Å². The fourth-order valence-corrected chi connectivity index (χ4v) is 3.39. The second-order valence-corrected chi connectivity index (χ2v) is 4.93. The van der Waals surface area contributed by atoms with Crippen LogP contribution in [0.2, 0.25) is 0 Å². The molecule has 0 aromatic rings. The molecule has 0 spiro atoms. The van der Waals surface area contributed by atoms with Gasteiger partial charge in [0.2, 0.25) is 0 Å². The van der Waals surface area contributed by atoms with E-state index in [1.165, 1.54) is 32.1 Å². The van der Waals surface area contributed by atoms with Crippen molar-refractivity contribution >= 4 is 5.97 Å². The van der Waals surface area contributed by atoms with E-state index >= 15 is 0 Å². The second-order valence-electron chi connectivity index (χ2n) is 4.93. The van der Waals surface area contributed by atoms with Gasteiger partial charge in [-0.3, -0.25) is 4.79 Å². The number of carboxylic acids is 1. The Kier molecular flexibility index (Phi) is 2.31. The summed E-state index contributed by atoms with van der Waals surface area (Å²) in [6, 6.07) is 0. The minimum Gasteiger partial charge on any atom is -0.481 e. The fraction of sp³-hybridized carbons (Fsp3) is 0.909. The van der Waals surface area contributed by atoms with Gasteiger partial charge in [-0.2, -0.15) is 0 Å². The number of fused-ring (bicyclic) bond motifs is 2. The van der Waals surface area contributed by atoms with Gasteiger partial charge in [0.05, 0.1) is 6.42 Å². The van der Waals surface area contributed by atoms with E-state index in [-0.39, 0.29) is 5.41 Å². The molecule has 2 aliphatic rings. The van der Waals surface area contributed by atoms with Crippen molar-refractivity contribution in [3.05, 3.63) is 0 Å². The molecule has 2 heteroatoms. The summed E-state index contributed by atoms with van der Waals surface area (Å²) in [6.45, 7) is 0. The van der Waals surface area contributed by atoms with E-state index < -0.39 is 5.97 Å². The van der Waals surface area contributed by atoms with Crippen LogP contribution in [0.25, 0.3) is 0 Å². The van der Waals surface area contributed by atoms with E-state index in [0.717, 1.165) is 18.8 Å². The van der Waals surface area contributed by atoms with Crippen LogP contribution in [0.4, 0.5) is 0 Å². The van der Waals surface area contributed by atoms with E-state index in [0.29, 0.717) is 6.42 Å². The van der Waals surface area contributed by atoms with Gasteiger partial charge in [-0.15, -0.1) is 0 Å². The normalized spacial score (nSPS) is 38.6. The summed E-state index contributed by atoms with van der Waals surface area (Å²) in [5.74, 6) is 0.254. The van der Waals surface area contributed by atoms with Crippen molar-refractivity contribution in [3.8, 4) is 0 Å². The van der Waals surface area contributed by atoms with Gasteiger partial charge >= 0.3 is 5.97 Å². The van der Waals surface area contributed by atoms with Crippen molar-refractivity contribution in [2.75, 3.05) is 0 Å². The molecule has 0 aromatic heterocycles. The lowest BCUT2D eigenvalue weighted by atomic mass is 9.61. The Bertz CT molecular complexity index is 200. The van der Waals surface area contributed by atoms with Crippen LogP contribution in [0.5, 0.6) is 0 Å². The molecule has 2 rings (SSSR count). The topological polar surface area (TPSA) is 37.3 Å². The predicted octanol–water partition coefficient (Wildman–Crippen LogP) is 2.82. The predicted molar refractivity (Wildman–Crippen MR) is 50.5 cm³/mol. The zero-order valence-electron chi connectivity index (χ0n) is 8.09. The molecule has 2 fully saturated rings. The van der Waals surface area contributed by atoms with Crippen LogP contribution in [0, 0.1) is 11.3 Å². The highest BCUT2D eigenvalue weighted by Crippen LogP contribution is 2.50. The van der Waals surface area contributed by atoms with Crippen LogP contribution in [0.3, 0.4) is 0 Å². The van der Waals surface area contributed by atoms with Gasteiger partial charge in [0.15, 0.2) is 0 Å². The van der Waals surface area contributed by atoms with Gasteiger partial charge in [-0.25, -0.2) is 0 Å². The summed E-state index contributed by atoms with van der Waals surface area (Å²) in [6.07, 6.45) is 9.16. The Morgan fingerprint density at radius 3 is 2.46 bits per heavy atom. The molecule has 0 aromatic carbocycles. The molecule has 0 saturated heterocycles. The van der Waals surface area contributed by atoms with Gasteiger partial charge in [0.25, 0.3) is 0 Å². The third kappa shape index (κ3) is 1.87. The lowest BCUT2D eigenvalue weighted by Gasteiger charge is -2.44. The molecule has 0 atom stereocenters. The number of hydrogen-bond acceptors (Lipinski definition) is 1. The first-order chi connectivity index (χ1) is 6.20. The lowest BCUT2D eigenvalue weighted by Crippen LogP contribution is -2.34. The monoisotopic (exact) mass is 182 g/mol. The van der Waals surface area contributed by atoms with Gasteiger partial charge in [0, 0.05) is 0 Å². The average molecular weight is 182 g/mol. The summed E-state index contributed by atoms with van der Waals surface area (Å²) < 4.78 is 0. The van der Waals surface area contributed by atoms with Crippen LogP contribution < -0.4 is 0 Å². The van der Waals surface area contributed by atoms with Crippen molar-refractivity contribution in [2.45, 2.75) is 51.4 Å². The Balaban J connectivity index is 2.05. The fourth-order valence-electron chi connectivity index (χ4n) is 3.39. The Hall–Kier alpha value is -0.530. The maximum Gasteiger partial charge on any atom is 0.303 e. The Labute approximate surface area is 79.3 Å². The van der Waals surface area contributed by atoms with Gasteiger partial charge in [0.1, 0.15) is 0 Å². The molecule has 2 aliphatic carbocycles. The van der Waals surface area contributed by atoms with Crippen molar-refractivity contribution in [1.82, 2.24) is 0 Å². The molecule has 1 N–H and O–H groups in total. The Morgan fingerprint density at radius 2 is 1.92 bits per heavy atom.